The highest BCUT2D eigenvalue weighted by Gasteiger charge is 2.24. The lowest BCUT2D eigenvalue weighted by atomic mass is 9.94. The number of likely N-dealkylation sites (tertiary alicyclic amines) is 1. The Morgan fingerprint density at radius 1 is 1.56 bits per heavy atom. The van der Waals surface area contributed by atoms with Gasteiger partial charge in [0.05, 0.1) is 6.54 Å². The average molecular weight is 254 g/mol. The number of hydrogen-bond acceptors (Lipinski definition) is 4. The maximum Gasteiger partial charge on any atom is 0.321 e. The minimum Gasteiger partial charge on any atom is -0.334 e. The molecule has 1 saturated heterocycles. The van der Waals surface area contributed by atoms with E-state index < -0.39 is 6.03 Å². The van der Waals surface area contributed by atoms with E-state index in [0.29, 0.717) is 19.0 Å². The molecule has 2 atom stereocenters. The summed E-state index contributed by atoms with van der Waals surface area (Å²) in [5.74, 6) is 0.179. The molecule has 0 aromatic rings. The summed E-state index contributed by atoms with van der Waals surface area (Å²) in [6.07, 6.45) is 2.53. The van der Waals surface area contributed by atoms with Crippen LogP contribution in [0.5, 0.6) is 0 Å². The number of rotatable bonds is 4. The highest BCUT2D eigenvalue weighted by atomic mass is 16.2. The Labute approximate surface area is 108 Å². The lowest BCUT2D eigenvalue weighted by molar-refractivity contribution is -0.121. The Morgan fingerprint density at radius 2 is 2.28 bits per heavy atom. The number of nitrogens with one attached hydrogen (secondary N) is 2. The summed E-state index contributed by atoms with van der Waals surface area (Å²) in [6, 6.07) is -0.393. The van der Waals surface area contributed by atoms with Crippen molar-refractivity contribution in [2.45, 2.75) is 19.4 Å². The van der Waals surface area contributed by atoms with E-state index >= 15 is 0 Å². The fraction of sp³-hybridized carbons (Fsp3) is 0.667. The molecule has 6 nitrogen and oxygen atoms in total. The van der Waals surface area contributed by atoms with E-state index in [9.17, 15) is 9.59 Å². The molecule has 1 aliphatic rings. The third-order valence-electron chi connectivity index (χ3n) is 3.13. The van der Waals surface area contributed by atoms with Crippen molar-refractivity contribution in [3.8, 4) is 0 Å². The van der Waals surface area contributed by atoms with Crippen LogP contribution in [-0.2, 0) is 4.79 Å². The first kappa shape index (κ1) is 14.7. The molecule has 0 spiro atoms. The van der Waals surface area contributed by atoms with Gasteiger partial charge in [-0.25, -0.2) is 4.79 Å². The number of urea groups is 1. The van der Waals surface area contributed by atoms with Gasteiger partial charge in [0.2, 0.25) is 5.91 Å². The minimum atomic E-state index is -0.491. The molecule has 2 unspecified atom stereocenters. The largest absolute Gasteiger partial charge is 0.334 e. The number of piperidine rings is 1. The van der Waals surface area contributed by atoms with Crippen molar-refractivity contribution in [1.29, 1.82) is 0 Å². The number of nitrogens with two attached hydrogens (primary N) is 1. The maximum absolute atomic E-state index is 11.6. The Morgan fingerprint density at radius 3 is 2.89 bits per heavy atom. The van der Waals surface area contributed by atoms with Crippen molar-refractivity contribution in [1.82, 2.24) is 15.5 Å². The Bertz CT molecular complexity index is 319. The summed E-state index contributed by atoms with van der Waals surface area (Å²) >= 11 is 0. The minimum absolute atomic E-state index is 0.0983. The lowest BCUT2D eigenvalue weighted by Gasteiger charge is -2.34. The second kappa shape index (κ2) is 7.13. The molecule has 0 bridgehead atoms. The van der Waals surface area contributed by atoms with Crippen LogP contribution in [0.4, 0.5) is 4.79 Å². The molecule has 3 amide bonds. The van der Waals surface area contributed by atoms with Crippen LogP contribution in [0, 0.1) is 5.92 Å². The normalized spacial score (nSPS) is 24.3. The summed E-state index contributed by atoms with van der Waals surface area (Å²) in [5, 5.41) is 4.75. The zero-order valence-corrected chi connectivity index (χ0v) is 10.8. The standard InChI is InChI=1S/C12H22N4O2/c1-3-5-14-12(18)15-11(17)8-16-6-4-9(2)10(13)7-16/h3,9-10H,1,4-8,13H2,2H3,(H2,14,15,17,18). The first-order chi connectivity index (χ1) is 8.52. The van der Waals surface area contributed by atoms with Crippen LogP contribution in [-0.4, -0.2) is 49.1 Å². The van der Waals surface area contributed by atoms with Crippen LogP contribution in [0.25, 0.3) is 0 Å². The SMILES string of the molecule is C=CCNC(=O)NC(=O)CN1CCC(C)C(N)C1. The monoisotopic (exact) mass is 254 g/mol. The quantitative estimate of drug-likeness (QED) is 0.599. The molecule has 102 valence electrons. The van der Waals surface area contributed by atoms with Gasteiger partial charge in [0.25, 0.3) is 0 Å². The van der Waals surface area contributed by atoms with Gasteiger partial charge >= 0.3 is 6.03 Å². The Kier molecular flexibility index (Phi) is 5.80. The highest BCUT2D eigenvalue weighted by molar-refractivity contribution is 5.95. The highest BCUT2D eigenvalue weighted by Crippen LogP contribution is 2.14. The van der Waals surface area contributed by atoms with Crippen molar-refractivity contribution < 1.29 is 9.59 Å². The third-order valence-corrected chi connectivity index (χ3v) is 3.13. The summed E-state index contributed by atoms with van der Waals surface area (Å²) in [7, 11) is 0. The van der Waals surface area contributed by atoms with Crippen LogP contribution in [0.15, 0.2) is 12.7 Å². The number of imide groups is 1. The van der Waals surface area contributed by atoms with Crippen LogP contribution < -0.4 is 16.4 Å². The first-order valence-electron chi connectivity index (χ1n) is 6.19. The lowest BCUT2D eigenvalue weighted by Crippen LogP contribution is -2.51. The van der Waals surface area contributed by atoms with Crippen molar-refractivity contribution in [2.24, 2.45) is 11.7 Å². The predicted octanol–water partition coefficient (Wildman–Crippen LogP) is -0.333. The van der Waals surface area contributed by atoms with E-state index in [0.717, 1.165) is 13.0 Å². The first-order valence-corrected chi connectivity index (χ1v) is 6.19. The molecular weight excluding hydrogens is 232 g/mol. The average Bonchev–Trinajstić information content (AvgIpc) is 2.31. The number of amides is 3. The van der Waals surface area contributed by atoms with Crippen molar-refractivity contribution in [3.05, 3.63) is 12.7 Å². The predicted molar refractivity (Wildman–Crippen MR) is 69.9 cm³/mol. The van der Waals surface area contributed by atoms with E-state index in [1.54, 1.807) is 6.08 Å². The van der Waals surface area contributed by atoms with E-state index in [4.69, 9.17) is 5.73 Å². The van der Waals surface area contributed by atoms with Crippen molar-refractivity contribution >= 4 is 11.9 Å². The fourth-order valence-electron chi connectivity index (χ4n) is 1.89. The number of carbonyl (C=O) groups excluding carboxylic acids is 2. The van der Waals surface area contributed by atoms with Crippen LogP contribution in [0.2, 0.25) is 0 Å². The topological polar surface area (TPSA) is 87.5 Å². The van der Waals surface area contributed by atoms with Gasteiger partial charge < -0.3 is 11.1 Å². The zero-order chi connectivity index (χ0) is 13.5. The van der Waals surface area contributed by atoms with Crippen molar-refractivity contribution in [3.63, 3.8) is 0 Å². The van der Waals surface area contributed by atoms with E-state index in [2.05, 4.69) is 24.1 Å². The van der Waals surface area contributed by atoms with Crippen LogP contribution >= 0.6 is 0 Å². The van der Waals surface area contributed by atoms with Gasteiger partial charge in [-0.3, -0.25) is 15.0 Å². The van der Waals surface area contributed by atoms with E-state index in [1.165, 1.54) is 0 Å². The summed E-state index contributed by atoms with van der Waals surface area (Å²) < 4.78 is 0. The number of hydrogen-bond donors (Lipinski definition) is 3. The van der Waals surface area contributed by atoms with Gasteiger partial charge in [-0.1, -0.05) is 13.0 Å². The number of nitrogens with zero attached hydrogens (tertiary/aromatic N) is 1. The molecule has 0 radical (unpaired) electrons. The van der Waals surface area contributed by atoms with Gasteiger partial charge in [0.15, 0.2) is 0 Å². The molecule has 1 rings (SSSR count). The Balaban J connectivity index is 2.27. The Hall–Kier alpha value is -1.40. The van der Waals surface area contributed by atoms with Gasteiger partial charge in [-0.15, -0.1) is 6.58 Å². The molecule has 4 N–H and O–H groups in total. The molecular formula is C12H22N4O2. The van der Waals surface area contributed by atoms with Gasteiger partial charge in [0.1, 0.15) is 0 Å². The zero-order valence-electron chi connectivity index (χ0n) is 10.8. The second-order valence-electron chi connectivity index (χ2n) is 4.71. The van der Waals surface area contributed by atoms with Crippen LogP contribution in [0.1, 0.15) is 13.3 Å². The molecule has 0 aromatic heterocycles. The second-order valence-corrected chi connectivity index (χ2v) is 4.71. The van der Waals surface area contributed by atoms with E-state index in [1.807, 2.05) is 4.90 Å². The number of carbonyl (C=O) groups is 2. The van der Waals surface area contributed by atoms with Gasteiger partial charge in [-0.2, -0.15) is 0 Å². The molecule has 0 saturated carbocycles. The molecule has 6 heteroatoms. The molecule has 0 aromatic carbocycles. The van der Waals surface area contributed by atoms with Gasteiger partial charge in [0, 0.05) is 19.1 Å². The van der Waals surface area contributed by atoms with Gasteiger partial charge in [-0.05, 0) is 18.9 Å². The molecule has 1 heterocycles. The fourth-order valence-corrected chi connectivity index (χ4v) is 1.89. The summed E-state index contributed by atoms with van der Waals surface area (Å²) in [5.41, 5.74) is 5.95. The molecule has 1 fully saturated rings. The summed E-state index contributed by atoms with van der Waals surface area (Å²) in [4.78, 5) is 24.8. The van der Waals surface area contributed by atoms with E-state index in [-0.39, 0.29) is 18.5 Å². The smallest absolute Gasteiger partial charge is 0.321 e. The summed E-state index contributed by atoms with van der Waals surface area (Å²) in [6.45, 7) is 7.68. The maximum atomic E-state index is 11.6. The van der Waals surface area contributed by atoms with Crippen LogP contribution in [0.3, 0.4) is 0 Å². The molecule has 18 heavy (non-hydrogen) atoms. The third kappa shape index (κ3) is 4.85. The van der Waals surface area contributed by atoms with Crippen molar-refractivity contribution in [2.75, 3.05) is 26.2 Å². The molecule has 0 aliphatic carbocycles. The molecule has 1 aliphatic heterocycles.